The Balaban J connectivity index is 4.51. The summed E-state index contributed by atoms with van der Waals surface area (Å²) in [7, 11) is 1.44. The van der Waals surface area contributed by atoms with Gasteiger partial charge in [-0.05, 0) is 51.4 Å². The molecule has 0 heterocycles. The second-order valence-electron chi connectivity index (χ2n) is 13.6. The van der Waals surface area contributed by atoms with Crippen LogP contribution in [0, 0.1) is 0 Å². The van der Waals surface area contributed by atoms with Gasteiger partial charge in [-0.1, -0.05) is 126 Å². The number of phosphoric ester groups is 1. The van der Waals surface area contributed by atoms with Crippen LogP contribution in [0.4, 0.5) is 0 Å². The van der Waals surface area contributed by atoms with Crippen molar-refractivity contribution in [2.24, 2.45) is 0 Å². The first-order valence-corrected chi connectivity index (χ1v) is 20.5. The van der Waals surface area contributed by atoms with Gasteiger partial charge in [-0.3, -0.25) is 18.6 Å². The van der Waals surface area contributed by atoms with Gasteiger partial charge in [0.05, 0.1) is 27.7 Å². The molecule has 1 N–H and O–H groups in total. The molecule has 1 unspecified atom stereocenters. The van der Waals surface area contributed by atoms with Gasteiger partial charge in [0.2, 0.25) is 0 Å². The van der Waals surface area contributed by atoms with Crippen LogP contribution in [0.25, 0.3) is 0 Å². The lowest BCUT2D eigenvalue weighted by molar-refractivity contribution is -0.870. The van der Waals surface area contributed by atoms with E-state index in [2.05, 4.69) is 68.5 Å². The SMILES string of the molecule is CC/C=C/C/C=C/C/C=C/C/C=C/C/C=C/CCCC(=O)OC[C@@H](COP(=O)(O)OCC[N+](C)(C)C)OC(=O)CCCCCCCCCCC. The fourth-order valence-electron chi connectivity index (χ4n) is 4.58. The molecule has 0 fully saturated rings. The van der Waals surface area contributed by atoms with Crippen LogP contribution >= 0.6 is 7.82 Å². The molecule has 0 rings (SSSR count). The fraction of sp³-hybridized carbons (Fsp3) is 0.700. The topological polar surface area (TPSA) is 108 Å². The number of quaternary nitrogens is 1. The normalized spacial score (nSPS) is 14.4. The lowest BCUT2D eigenvalue weighted by Crippen LogP contribution is -2.37. The maximum Gasteiger partial charge on any atom is 0.472 e. The minimum Gasteiger partial charge on any atom is -0.462 e. The van der Waals surface area contributed by atoms with Gasteiger partial charge in [-0.15, -0.1) is 0 Å². The van der Waals surface area contributed by atoms with Crippen molar-refractivity contribution in [3.05, 3.63) is 60.8 Å². The Kier molecular flexibility index (Phi) is 31.1. The molecule has 288 valence electrons. The van der Waals surface area contributed by atoms with Crippen molar-refractivity contribution in [2.75, 3.05) is 47.5 Å². The minimum absolute atomic E-state index is 0.0210. The number of unbranched alkanes of at least 4 members (excludes halogenated alkanes) is 9. The standard InChI is InChI=1S/C40H70NO8P/c1-6-8-10-12-14-16-17-18-19-20-21-22-23-25-26-28-30-32-39(42)46-36-38(37-48-50(44,45)47-35-34-41(3,4)5)49-40(43)33-31-29-27-24-15-13-11-9-7-2/h8,10,14,16,18-19,21-22,25-26,38H,6-7,9,11-13,15,17,20,23-24,27-37H2,1-5H3/p+1/b10-8+,16-14+,19-18+,22-21+,26-25+/t38-/m0/s1. The number of ether oxygens (including phenoxy) is 2. The Labute approximate surface area is 305 Å². The van der Waals surface area contributed by atoms with E-state index in [1.165, 1.54) is 32.1 Å². The highest BCUT2D eigenvalue weighted by Gasteiger charge is 2.27. The van der Waals surface area contributed by atoms with E-state index >= 15 is 0 Å². The van der Waals surface area contributed by atoms with Crippen LogP contribution in [0.15, 0.2) is 60.8 Å². The van der Waals surface area contributed by atoms with Crippen molar-refractivity contribution >= 4 is 19.8 Å². The summed E-state index contributed by atoms with van der Waals surface area (Å²) in [4.78, 5) is 35.1. The third kappa shape index (κ3) is 35.5. The Morgan fingerprint density at radius 3 is 1.68 bits per heavy atom. The van der Waals surface area contributed by atoms with Crippen LogP contribution in [0.5, 0.6) is 0 Å². The van der Waals surface area contributed by atoms with Gasteiger partial charge in [0, 0.05) is 12.8 Å². The van der Waals surface area contributed by atoms with Gasteiger partial charge in [0.1, 0.15) is 19.8 Å². The van der Waals surface area contributed by atoms with E-state index in [1.807, 2.05) is 27.2 Å². The first-order chi connectivity index (χ1) is 24.0. The monoisotopic (exact) mass is 724 g/mol. The largest absolute Gasteiger partial charge is 0.472 e. The number of esters is 2. The molecule has 0 saturated heterocycles. The molecule has 50 heavy (non-hydrogen) atoms. The third-order valence-corrected chi connectivity index (χ3v) is 8.55. The number of hydrogen-bond acceptors (Lipinski definition) is 7. The molecule has 10 heteroatoms. The first kappa shape index (κ1) is 47.7. The van der Waals surface area contributed by atoms with Crippen LogP contribution < -0.4 is 0 Å². The molecule has 0 radical (unpaired) electrons. The number of nitrogens with zero attached hydrogens (tertiary/aromatic N) is 1. The predicted molar refractivity (Wildman–Crippen MR) is 206 cm³/mol. The molecule has 0 aliphatic heterocycles. The van der Waals surface area contributed by atoms with E-state index in [0.717, 1.165) is 57.8 Å². The number of phosphoric acid groups is 1. The zero-order valence-electron chi connectivity index (χ0n) is 32.1. The molecule has 0 aliphatic rings. The third-order valence-electron chi connectivity index (χ3n) is 7.56. The molecule has 0 amide bonds. The molecule has 2 atom stereocenters. The Morgan fingerprint density at radius 2 is 1.14 bits per heavy atom. The summed E-state index contributed by atoms with van der Waals surface area (Å²) < 4.78 is 34.0. The summed E-state index contributed by atoms with van der Waals surface area (Å²) in [5.74, 6) is -0.876. The van der Waals surface area contributed by atoms with Crippen LogP contribution in [0.2, 0.25) is 0 Å². The Hall–Kier alpha value is -2.29. The zero-order chi connectivity index (χ0) is 37.2. The summed E-state index contributed by atoms with van der Waals surface area (Å²) >= 11 is 0. The number of likely N-dealkylation sites (N-methyl/N-ethyl adjacent to an activating group) is 1. The van der Waals surface area contributed by atoms with Crippen LogP contribution in [0.3, 0.4) is 0 Å². The summed E-state index contributed by atoms with van der Waals surface area (Å²) in [5.41, 5.74) is 0. The molecule has 0 spiro atoms. The predicted octanol–water partition coefficient (Wildman–Crippen LogP) is 10.1. The maximum atomic E-state index is 12.6. The number of allylic oxidation sites excluding steroid dienone is 10. The molecular weight excluding hydrogens is 653 g/mol. The minimum atomic E-state index is -4.38. The van der Waals surface area contributed by atoms with Gasteiger partial charge >= 0.3 is 19.8 Å². The smallest absolute Gasteiger partial charge is 0.462 e. The number of carbonyl (C=O) groups is 2. The second kappa shape index (κ2) is 32.6. The number of hydrogen-bond donors (Lipinski definition) is 1. The summed E-state index contributed by atoms with van der Waals surface area (Å²) in [6.45, 7) is 4.18. The van der Waals surface area contributed by atoms with Gasteiger partial charge in [0.15, 0.2) is 6.10 Å². The van der Waals surface area contributed by atoms with Crippen molar-refractivity contribution < 1.29 is 42.1 Å². The van der Waals surface area contributed by atoms with E-state index in [9.17, 15) is 19.0 Å². The number of rotatable bonds is 33. The lowest BCUT2D eigenvalue weighted by Gasteiger charge is -2.24. The van der Waals surface area contributed by atoms with Crippen molar-refractivity contribution in [1.29, 1.82) is 0 Å². The average molecular weight is 725 g/mol. The fourth-order valence-corrected chi connectivity index (χ4v) is 5.32. The summed E-state index contributed by atoms with van der Waals surface area (Å²) in [6.07, 6.45) is 37.1. The zero-order valence-corrected chi connectivity index (χ0v) is 33.0. The van der Waals surface area contributed by atoms with Crippen LogP contribution in [-0.4, -0.2) is 74.9 Å². The molecule has 0 aromatic rings. The second-order valence-corrected chi connectivity index (χ2v) is 15.0. The Morgan fingerprint density at radius 1 is 0.640 bits per heavy atom. The highest BCUT2D eigenvalue weighted by molar-refractivity contribution is 7.47. The van der Waals surface area contributed by atoms with Gasteiger partial charge in [-0.25, -0.2) is 4.57 Å². The van der Waals surface area contributed by atoms with Crippen molar-refractivity contribution in [3.63, 3.8) is 0 Å². The van der Waals surface area contributed by atoms with E-state index in [0.29, 0.717) is 23.9 Å². The van der Waals surface area contributed by atoms with Crippen molar-refractivity contribution in [1.82, 2.24) is 0 Å². The average Bonchev–Trinajstić information content (AvgIpc) is 3.06. The van der Waals surface area contributed by atoms with Crippen molar-refractivity contribution in [2.45, 2.75) is 136 Å². The molecule has 0 aliphatic carbocycles. The van der Waals surface area contributed by atoms with Crippen LogP contribution in [0.1, 0.15) is 129 Å². The van der Waals surface area contributed by atoms with E-state index in [1.54, 1.807) is 0 Å². The Bertz CT molecular complexity index is 1040. The van der Waals surface area contributed by atoms with Gasteiger partial charge in [0.25, 0.3) is 0 Å². The van der Waals surface area contributed by atoms with E-state index < -0.39 is 32.5 Å². The molecule has 9 nitrogen and oxygen atoms in total. The highest BCUT2D eigenvalue weighted by atomic mass is 31.2. The molecule has 0 aromatic heterocycles. The first-order valence-electron chi connectivity index (χ1n) is 19.0. The van der Waals surface area contributed by atoms with Crippen LogP contribution in [-0.2, 0) is 32.7 Å². The van der Waals surface area contributed by atoms with E-state index in [4.69, 9.17) is 18.5 Å². The molecular formula is C40H71NO8P+. The quantitative estimate of drug-likeness (QED) is 0.0234. The molecule has 0 aromatic carbocycles. The maximum absolute atomic E-state index is 12.6. The molecule has 0 saturated carbocycles. The van der Waals surface area contributed by atoms with Gasteiger partial charge < -0.3 is 18.9 Å². The summed E-state index contributed by atoms with van der Waals surface area (Å²) in [5, 5.41) is 0. The molecule has 0 bridgehead atoms. The van der Waals surface area contributed by atoms with Crippen molar-refractivity contribution in [3.8, 4) is 0 Å². The van der Waals surface area contributed by atoms with E-state index in [-0.39, 0.29) is 26.1 Å². The van der Waals surface area contributed by atoms with Gasteiger partial charge in [-0.2, -0.15) is 0 Å². The highest BCUT2D eigenvalue weighted by Crippen LogP contribution is 2.43. The summed E-state index contributed by atoms with van der Waals surface area (Å²) in [6, 6.07) is 0. The number of carbonyl (C=O) groups excluding carboxylic acids is 2. The lowest BCUT2D eigenvalue weighted by atomic mass is 10.1.